The summed E-state index contributed by atoms with van der Waals surface area (Å²) in [6.45, 7) is 2.95. The molecule has 8 heteroatoms. The Bertz CT molecular complexity index is 963. The number of aromatic nitrogens is 3. The van der Waals surface area contributed by atoms with Crippen LogP contribution in [0.5, 0.6) is 0 Å². The molecule has 1 aromatic heterocycles. The van der Waals surface area contributed by atoms with Gasteiger partial charge in [-0.05, 0) is 30.8 Å². The summed E-state index contributed by atoms with van der Waals surface area (Å²) in [4.78, 5) is 21.4. The first kappa shape index (κ1) is 19.6. The zero-order valence-corrected chi connectivity index (χ0v) is 17.0. The minimum atomic E-state index is -0.0842. The monoisotopic (exact) mass is 410 g/mol. The number of carbonyl (C=O) groups is 1. The van der Waals surface area contributed by atoms with E-state index in [1.54, 1.807) is 23.1 Å². The van der Waals surface area contributed by atoms with Crippen LogP contribution in [0.1, 0.15) is 11.6 Å². The van der Waals surface area contributed by atoms with E-state index in [4.69, 9.17) is 11.6 Å². The summed E-state index contributed by atoms with van der Waals surface area (Å²) in [6, 6.07) is 15.8. The van der Waals surface area contributed by atoms with Gasteiger partial charge in [-0.1, -0.05) is 41.9 Å². The first-order chi connectivity index (χ1) is 14.1. The molecule has 4 rings (SSSR count). The molecule has 1 unspecified atom stereocenters. The fourth-order valence-corrected chi connectivity index (χ4v) is 3.82. The molecule has 3 aromatic rings. The summed E-state index contributed by atoms with van der Waals surface area (Å²) >= 11 is 6.16. The molecule has 0 spiro atoms. The molecule has 0 bridgehead atoms. The van der Waals surface area contributed by atoms with Crippen molar-refractivity contribution < 1.29 is 4.79 Å². The molecule has 2 heterocycles. The van der Waals surface area contributed by atoms with Gasteiger partial charge in [0.25, 0.3) is 0 Å². The van der Waals surface area contributed by atoms with Gasteiger partial charge < -0.3 is 10.2 Å². The highest BCUT2D eigenvalue weighted by molar-refractivity contribution is 6.31. The predicted molar refractivity (Wildman–Crippen MR) is 113 cm³/mol. The number of anilines is 1. The summed E-state index contributed by atoms with van der Waals surface area (Å²) in [7, 11) is 2.11. The first-order valence-corrected chi connectivity index (χ1v) is 9.90. The van der Waals surface area contributed by atoms with Gasteiger partial charge >= 0.3 is 0 Å². The second-order valence-electron chi connectivity index (χ2n) is 7.21. The number of nitrogens with one attached hydrogen (secondary N) is 1. The normalized spacial score (nSPS) is 17.9. The molecule has 7 nitrogen and oxygen atoms in total. The van der Waals surface area contributed by atoms with Crippen LogP contribution in [0, 0.1) is 0 Å². The van der Waals surface area contributed by atoms with Crippen LogP contribution < -0.4 is 5.32 Å². The summed E-state index contributed by atoms with van der Waals surface area (Å²) in [6.07, 6.45) is 3.04. The SMILES string of the molecule is CN1CCN(CC(=O)Nc2cc(Cl)ccc2-n2cncn2)C(c2ccccc2)C1. The molecule has 1 aliphatic rings. The molecule has 0 saturated carbocycles. The lowest BCUT2D eigenvalue weighted by Crippen LogP contribution is -2.49. The van der Waals surface area contributed by atoms with E-state index in [9.17, 15) is 4.79 Å². The van der Waals surface area contributed by atoms with Crippen LogP contribution in [0.25, 0.3) is 5.69 Å². The van der Waals surface area contributed by atoms with Crippen molar-refractivity contribution in [3.05, 3.63) is 71.8 Å². The zero-order valence-electron chi connectivity index (χ0n) is 16.2. The number of hydrogen-bond acceptors (Lipinski definition) is 5. The predicted octanol–water partition coefficient (Wildman–Crippen LogP) is 2.85. The number of halogens is 1. The maximum atomic E-state index is 12.9. The maximum Gasteiger partial charge on any atom is 0.238 e. The van der Waals surface area contributed by atoms with Gasteiger partial charge in [0.05, 0.1) is 17.9 Å². The van der Waals surface area contributed by atoms with E-state index < -0.39 is 0 Å². The Morgan fingerprint density at radius 2 is 2.03 bits per heavy atom. The van der Waals surface area contributed by atoms with Crippen molar-refractivity contribution >= 4 is 23.2 Å². The van der Waals surface area contributed by atoms with Gasteiger partial charge in [-0.2, -0.15) is 5.10 Å². The molecule has 150 valence electrons. The lowest BCUT2D eigenvalue weighted by atomic mass is 10.0. The van der Waals surface area contributed by atoms with Crippen molar-refractivity contribution in [3.63, 3.8) is 0 Å². The zero-order chi connectivity index (χ0) is 20.2. The van der Waals surface area contributed by atoms with Gasteiger partial charge in [-0.15, -0.1) is 0 Å². The molecule has 1 amide bonds. The van der Waals surface area contributed by atoms with E-state index >= 15 is 0 Å². The summed E-state index contributed by atoms with van der Waals surface area (Å²) < 4.78 is 1.61. The smallest absolute Gasteiger partial charge is 0.238 e. The Kier molecular flexibility index (Phi) is 5.89. The molecule has 1 fully saturated rings. The van der Waals surface area contributed by atoms with Crippen molar-refractivity contribution in [2.24, 2.45) is 0 Å². The molecular weight excluding hydrogens is 388 g/mol. The Morgan fingerprint density at radius 3 is 2.79 bits per heavy atom. The first-order valence-electron chi connectivity index (χ1n) is 9.52. The fraction of sp³-hybridized carbons (Fsp3) is 0.286. The largest absolute Gasteiger partial charge is 0.323 e. The molecule has 0 radical (unpaired) electrons. The van der Waals surface area contributed by atoms with Crippen LogP contribution in [0.4, 0.5) is 5.69 Å². The average Bonchev–Trinajstić information content (AvgIpc) is 3.25. The summed E-state index contributed by atoms with van der Waals surface area (Å²) in [5.41, 5.74) is 2.55. The fourth-order valence-electron chi connectivity index (χ4n) is 3.65. The van der Waals surface area contributed by atoms with E-state index in [1.165, 1.54) is 11.9 Å². The van der Waals surface area contributed by atoms with E-state index in [0.29, 0.717) is 17.3 Å². The van der Waals surface area contributed by atoms with Crippen LogP contribution in [0.2, 0.25) is 5.02 Å². The van der Waals surface area contributed by atoms with E-state index in [-0.39, 0.29) is 11.9 Å². The highest BCUT2D eigenvalue weighted by Gasteiger charge is 2.28. The van der Waals surface area contributed by atoms with Crippen molar-refractivity contribution in [1.29, 1.82) is 0 Å². The van der Waals surface area contributed by atoms with E-state index in [2.05, 4.69) is 44.4 Å². The van der Waals surface area contributed by atoms with Crippen molar-refractivity contribution in [2.75, 3.05) is 38.5 Å². The van der Waals surface area contributed by atoms with Crippen LogP contribution in [0.15, 0.2) is 61.2 Å². The standard InChI is InChI=1S/C21H23ClN6O/c1-26-9-10-27(20(12-26)16-5-3-2-4-6-16)13-21(29)25-18-11-17(22)7-8-19(18)28-15-23-14-24-28/h2-8,11,14-15,20H,9-10,12-13H2,1H3,(H,25,29). The molecule has 2 aromatic carbocycles. The van der Waals surface area contributed by atoms with E-state index in [1.807, 2.05) is 24.3 Å². The number of carbonyl (C=O) groups excluding carboxylic acids is 1. The van der Waals surface area contributed by atoms with Crippen LogP contribution in [-0.4, -0.2) is 63.7 Å². The quantitative estimate of drug-likeness (QED) is 0.700. The number of likely N-dealkylation sites (N-methyl/N-ethyl adjacent to an activating group) is 1. The number of amides is 1. The number of benzene rings is 2. The molecule has 0 aliphatic carbocycles. The van der Waals surface area contributed by atoms with Crippen molar-refractivity contribution in [1.82, 2.24) is 24.6 Å². The van der Waals surface area contributed by atoms with Gasteiger partial charge in [0.1, 0.15) is 12.7 Å². The van der Waals surface area contributed by atoms with Gasteiger partial charge in [0, 0.05) is 30.7 Å². The lowest BCUT2D eigenvalue weighted by molar-refractivity contribution is -0.118. The Balaban J connectivity index is 1.51. The highest BCUT2D eigenvalue weighted by Crippen LogP contribution is 2.26. The summed E-state index contributed by atoms with van der Waals surface area (Å²) in [5, 5.41) is 7.71. The number of piperazine rings is 1. The maximum absolute atomic E-state index is 12.9. The molecule has 1 N–H and O–H groups in total. The topological polar surface area (TPSA) is 66.3 Å². The second-order valence-corrected chi connectivity index (χ2v) is 7.65. The molecule has 1 atom stereocenters. The minimum Gasteiger partial charge on any atom is -0.323 e. The lowest BCUT2D eigenvalue weighted by Gasteiger charge is -2.40. The number of nitrogens with zero attached hydrogens (tertiary/aromatic N) is 5. The van der Waals surface area contributed by atoms with Crippen LogP contribution >= 0.6 is 11.6 Å². The molecule has 1 aliphatic heterocycles. The second kappa shape index (κ2) is 8.73. The van der Waals surface area contributed by atoms with Gasteiger partial charge in [-0.3, -0.25) is 9.69 Å². The third-order valence-electron chi connectivity index (χ3n) is 5.12. The Hall–Kier alpha value is -2.74. The molecular formula is C21H23ClN6O. The van der Waals surface area contributed by atoms with Crippen molar-refractivity contribution in [2.45, 2.75) is 6.04 Å². The number of rotatable bonds is 5. The Labute approximate surface area is 174 Å². The third kappa shape index (κ3) is 4.64. The van der Waals surface area contributed by atoms with Gasteiger partial charge in [-0.25, -0.2) is 9.67 Å². The van der Waals surface area contributed by atoms with Gasteiger partial charge in [0.2, 0.25) is 5.91 Å². The molecule has 29 heavy (non-hydrogen) atoms. The molecule has 1 saturated heterocycles. The number of hydrogen-bond donors (Lipinski definition) is 1. The average molecular weight is 411 g/mol. The minimum absolute atomic E-state index is 0.0842. The van der Waals surface area contributed by atoms with Gasteiger partial charge in [0.15, 0.2) is 0 Å². The van der Waals surface area contributed by atoms with E-state index in [0.717, 1.165) is 25.3 Å². The Morgan fingerprint density at radius 1 is 1.21 bits per heavy atom. The van der Waals surface area contributed by atoms with Crippen LogP contribution in [0.3, 0.4) is 0 Å². The summed E-state index contributed by atoms with van der Waals surface area (Å²) in [5.74, 6) is -0.0842. The third-order valence-corrected chi connectivity index (χ3v) is 5.36. The highest BCUT2D eigenvalue weighted by atomic mass is 35.5. The van der Waals surface area contributed by atoms with Crippen molar-refractivity contribution in [3.8, 4) is 5.69 Å². The van der Waals surface area contributed by atoms with Crippen LogP contribution in [-0.2, 0) is 4.79 Å².